The molecule has 0 aliphatic rings. The summed E-state index contributed by atoms with van der Waals surface area (Å²) >= 11 is 0. The fourth-order valence-corrected chi connectivity index (χ4v) is 2.70. The molecule has 0 spiro atoms. The van der Waals surface area contributed by atoms with Crippen LogP contribution in [0.5, 0.6) is 0 Å². The first-order chi connectivity index (χ1) is 11.5. The molecule has 0 heterocycles. The van der Waals surface area contributed by atoms with Crippen LogP contribution in [0.4, 0.5) is 4.39 Å². The lowest BCUT2D eigenvalue weighted by Gasteiger charge is -2.32. The van der Waals surface area contributed by atoms with Crippen molar-refractivity contribution in [2.24, 2.45) is 10.4 Å². The number of hydrogen-bond donors (Lipinski definition) is 3. The average Bonchev–Trinajstić information content (AvgIpc) is 2.59. The Hall–Kier alpha value is -0.890. The molecule has 1 rings (SSSR count). The number of aliphatic hydroxyl groups is 1. The van der Waals surface area contributed by atoms with Crippen LogP contribution in [-0.4, -0.2) is 30.8 Å². The molecule has 4 nitrogen and oxygen atoms in total. The Morgan fingerprint density at radius 2 is 1.88 bits per heavy atom. The monoisotopic (exact) mass is 465 g/mol. The maximum Gasteiger partial charge on any atom is 0.191 e. The number of benzene rings is 1. The summed E-state index contributed by atoms with van der Waals surface area (Å²) in [7, 11) is 0. The third-order valence-corrected chi connectivity index (χ3v) is 4.77. The molecule has 3 N–H and O–H groups in total. The van der Waals surface area contributed by atoms with E-state index >= 15 is 0 Å². The molecule has 6 heteroatoms. The highest BCUT2D eigenvalue weighted by atomic mass is 127. The summed E-state index contributed by atoms with van der Waals surface area (Å²) in [5.41, 5.74) is 1.57. The van der Waals surface area contributed by atoms with E-state index in [1.165, 1.54) is 6.07 Å². The van der Waals surface area contributed by atoms with Crippen molar-refractivity contribution >= 4 is 29.9 Å². The number of aliphatic imine (C=N–C) groups is 1. The van der Waals surface area contributed by atoms with E-state index in [-0.39, 0.29) is 41.8 Å². The topological polar surface area (TPSA) is 56.7 Å². The molecule has 0 bridgehead atoms. The van der Waals surface area contributed by atoms with Crippen LogP contribution in [0.1, 0.15) is 51.2 Å². The Balaban J connectivity index is 0.00000576. The highest BCUT2D eigenvalue weighted by Crippen LogP contribution is 2.29. The van der Waals surface area contributed by atoms with Gasteiger partial charge in [0.1, 0.15) is 5.82 Å². The normalized spacial score (nSPS) is 11.8. The smallest absolute Gasteiger partial charge is 0.191 e. The van der Waals surface area contributed by atoms with Crippen LogP contribution in [0, 0.1) is 18.2 Å². The van der Waals surface area contributed by atoms with Gasteiger partial charge < -0.3 is 15.7 Å². The van der Waals surface area contributed by atoms with E-state index in [1.807, 2.05) is 13.0 Å². The Morgan fingerprint density at radius 3 is 2.40 bits per heavy atom. The molecule has 0 saturated heterocycles. The highest BCUT2D eigenvalue weighted by molar-refractivity contribution is 14.0. The van der Waals surface area contributed by atoms with Crippen molar-refractivity contribution in [1.82, 2.24) is 10.6 Å². The SMILES string of the molecule is CCNC(=NCc1ccc(C)c(F)c1)NCC(CC)(CC)CCO.I. The van der Waals surface area contributed by atoms with Gasteiger partial charge in [-0.1, -0.05) is 26.0 Å². The molecule has 0 aromatic heterocycles. The number of halogens is 2. The van der Waals surface area contributed by atoms with Gasteiger partial charge in [0.2, 0.25) is 0 Å². The van der Waals surface area contributed by atoms with Crippen LogP contribution < -0.4 is 10.6 Å². The molecule has 1 aromatic carbocycles. The first-order valence-electron chi connectivity index (χ1n) is 8.88. The summed E-state index contributed by atoms with van der Waals surface area (Å²) in [6.07, 6.45) is 2.77. The summed E-state index contributed by atoms with van der Waals surface area (Å²) < 4.78 is 13.6. The van der Waals surface area contributed by atoms with Crippen molar-refractivity contribution in [3.63, 3.8) is 0 Å². The molecule has 25 heavy (non-hydrogen) atoms. The quantitative estimate of drug-likeness (QED) is 0.294. The van der Waals surface area contributed by atoms with Gasteiger partial charge in [-0.2, -0.15) is 0 Å². The zero-order valence-corrected chi connectivity index (χ0v) is 18.2. The van der Waals surface area contributed by atoms with Crippen molar-refractivity contribution in [3.05, 3.63) is 35.1 Å². The highest BCUT2D eigenvalue weighted by Gasteiger charge is 2.25. The predicted octanol–water partition coefficient (Wildman–Crippen LogP) is 4.00. The lowest BCUT2D eigenvalue weighted by molar-refractivity contribution is 0.169. The average molecular weight is 465 g/mol. The van der Waals surface area contributed by atoms with Crippen LogP contribution in [-0.2, 0) is 6.54 Å². The maximum atomic E-state index is 13.6. The van der Waals surface area contributed by atoms with Crippen molar-refractivity contribution in [3.8, 4) is 0 Å². The molecule has 0 radical (unpaired) electrons. The van der Waals surface area contributed by atoms with E-state index in [2.05, 4.69) is 29.5 Å². The van der Waals surface area contributed by atoms with Crippen LogP contribution in [0.25, 0.3) is 0 Å². The molecule has 0 aliphatic heterocycles. The van der Waals surface area contributed by atoms with Crippen molar-refractivity contribution in [1.29, 1.82) is 0 Å². The van der Waals surface area contributed by atoms with E-state index < -0.39 is 0 Å². The van der Waals surface area contributed by atoms with E-state index in [0.717, 1.165) is 43.9 Å². The molecule has 0 amide bonds. The first kappa shape index (κ1) is 24.1. The van der Waals surface area contributed by atoms with Gasteiger partial charge in [0.05, 0.1) is 6.54 Å². The van der Waals surface area contributed by atoms with Crippen LogP contribution in [0.15, 0.2) is 23.2 Å². The first-order valence-corrected chi connectivity index (χ1v) is 8.88. The molecule has 0 atom stereocenters. The largest absolute Gasteiger partial charge is 0.396 e. The van der Waals surface area contributed by atoms with E-state index in [1.54, 1.807) is 13.0 Å². The molecular weight excluding hydrogens is 432 g/mol. The summed E-state index contributed by atoms with van der Waals surface area (Å²) in [5, 5.41) is 15.9. The van der Waals surface area contributed by atoms with Crippen LogP contribution >= 0.6 is 24.0 Å². The van der Waals surface area contributed by atoms with Gasteiger partial charge in [-0.15, -0.1) is 24.0 Å². The van der Waals surface area contributed by atoms with E-state index in [4.69, 9.17) is 0 Å². The van der Waals surface area contributed by atoms with Gasteiger partial charge in [-0.05, 0) is 55.7 Å². The number of rotatable bonds is 9. The lowest BCUT2D eigenvalue weighted by atomic mass is 9.79. The number of nitrogens with zero attached hydrogens (tertiary/aromatic N) is 1. The Labute approximate surface area is 168 Å². The lowest BCUT2D eigenvalue weighted by Crippen LogP contribution is -2.43. The van der Waals surface area contributed by atoms with Gasteiger partial charge in [0.15, 0.2) is 5.96 Å². The summed E-state index contributed by atoms with van der Waals surface area (Å²) in [4.78, 5) is 4.55. The van der Waals surface area contributed by atoms with Crippen LogP contribution in [0.3, 0.4) is 0 Å². The Morgan fingerprint density at radius 1 is 1.20 bits per heavy atom. The van der Waals surface area contributed by atoms with Gasteiger partial charge in [0.25, 0.3) is 0 Å². The molecular formula is C19H33FIN3O. The van der Waals surface area contributed by atoms with Crippen LogP contribution in [0.2, 0.25) is 0 Å². The minimum absolute atomic E-state index is 0. The minimum atomic E-state index is -0.195. The second-order valence-electron chi connectivity index (χ2n) is 6.31. The molecule has 0 fully saturated rings. The standard InChI is InChI=1S/C19H32FN3O.HI/c1-5-19(6-2,10-11-24)14-23-18(21-7-3)22-13-16-9-8-15(4)17(20)12-16;/h8-9,12,24H,5-7,10-11,13-14H2,1-4H3,(H2,21,22,23);1H. The number of aryl methyl sites for hydroxylation is 1. The van der Waals surface area contributed by atoms with Gasteiger partial charge >= 0.3 is 0 Å². The second kappa shape index (κ2) is 12.5. The van der Waals surface area contributed by atoms with Gasteiger partial charge in [0, 0.05) is 19.7 Å². The number of hydrogen-bond acceptors (Lipinski definition) is 2. The van der Waals surface area contributed by atoms with Crippen molar-refractivity contribution in [2.45, 2.75) is 53.5 Å². The summed E-state index contributed by atoms with van der Waals surface area (Å²) in [6.45, 7) is 10.2. The van der Waals surface area contributed by atoms with Gasteiger partial charge in [-0.3, -0.25) is 0 Å². The van der Waals surface area contributed by atoms with E-state index in [9.17, 15) is 9.50 Å². The van der Waals surface area contributed by atoms with Gasteiger partial charge in [-0.25, -0.2) is 9.38 Å². The number of guanidine groups is 1. The Kier molecular flexibility index (Phi) is 12.0. The number of aliphatic hydroxyl groups excluding tert-OH is 1. The summed E-state index contributed by atoms with van der Waals surface area (Å²) in [5.74, 6) is 0.530. The van der Waals surface area contributed by atoms with Crippen molar-refractivity contribution < 1.29 is 9.50 Å². The molecule has 0 aliphatic carbocycles. The molecule has 144 valence electrons. The third-order valence-electron chi connectivity index (χ3n) is 4.77. The minimum Gasteiger partial charge on any atom is -0.396 e. The molecule has 1 aromatic rings. The Bertz CT molecular complexity index is 533. The maximum absolute atomic E-state index is 13.6. The fraction of sp³-hybridized carbons (Fsp3) is 0.632. The predicted molar refractivity (Wildman–Crippen MR) is 114 cm³/mol. The number of nitrogens with one attached hydrogen (secondary N) is 2. The molecule has 0 unspecified atom stereocenters. The third kappa shape index (κ3) is 7.90. The van der Waals surface area contributed by atoms with Crippen molar-refractivity contribution in [2.75, 3.05) is 19.7 Å². The second-order valence-corrected chi connectivity index (χ2v) is 6.31. The zero-order chi connectivity index (χ0) is 18.0. The van der Waals surface area contributed by atoms with E-state index in [0.29, 0.717) is 12.1 Å². The zero-order valence-electron chi connectivity index (χ0n) is 15.9. The fourth-order valence-electron chi connectivity index (χ4n) is 2.70. The summed E-state index contributed by atoms with van der Waals surface area (Å²) in [6, 6.07) is 5.22. The molecule has 0 saturated carbocycles.